The topological polar surface area (TPSA) is 54.2 Å². The largest absolute Gasteiger partial charge is 0.339 e. The zero-order valence-corrected chi connectivity index (χ0v) is 9.36. The standard InChI is InChI=1S/C10H18N4O/c1-3-14-5-4-8(7-14)10-12-9(6-11-2)13-15-10/h8,11H,3-7H2,1-2H3. The van der Waals surface area contributed by atoms with E-state index in [-0.39, 0.29) is 0 Å². The van der Waals surface area contributed by atoms with Gasteiger partial charge in [0.05, 0.1) is 12.5 Å². The van der Waals surface area contributed by atoms with Crippen molar-refractivity contribution in [2.24, 2.45) is 0 Å². The van der Waals surface area contributed by atoms with Crippen LogP contribution >= 0.6 is 0 Å². The van der Waals surface area contributed by atoms with Gasteiger partial charge in [-0.1, -0.05) is 12.1 Å². The van der Waals surface area contributed by atoms with Crippen molar-refractivity contribution in [3.8, 4) is 0 Å². The van der Waals surface area contributed by atoms with E-state index in [0.29, 0.717) is 12.5 Å². The molecule has 0 bridgehead atoms. The van der Waals surface area contributed by atoms with E-state index in [0.717, 1.165) is 37.8 Å². The third kappa shape index (κ3) is 2.35. The fourth-order valence-corrected chi connectivity index (χ4v) is 1.98. The molecule has 1 N–H and O–H groups in total. The van der Waals surface area contributed by atoms with E-state index in [1.165, 1.54) is 0 Å². The Labute approximate surface area is 89.8 Å². The predicted molar refractivity (Wildman–Crippen MR) is 56.5 cm³/mol. The van der Waals surface area contributed by atoms with Crippen LogP contribution in [0.1, 0.15) is 31.0 Å². The van der Waals surface area contributed by atoms with Crippen molar-refractivity contribution in [1.29, 1.82) is 0 Å². The first-order valence-corrected chi connectivity index (χ1v) is 5.53. The minimum atomic E-state index is 0.433. The van der Waals surface area contributed by atoms with E-state index in [4.69, 9.17) is 4.52 Å². The molecule has 0 saturated carbocycles. The number of nitrogens with zero attached hydrogens (tertiary/aromatic N) is 3. The summed E-state index contributed by atoms with van der Waals surface area (Å²) in [6, 6.07) is 0. The average molecular weight is 210 g/mol. The van der Waals surface area contributed by atoms with Gasteiger partial charge in [-0.2, -0.15) is 4.98 Å². The van der Waals surface area contributed by atoms with Crippen LogP contribution in [0.4, 0.5) is 0 Å². The first-order valence-electron chi connectivity index (χ1n) is 5.53. The van der Waals surface area contributed by atoms with Gasteiger partial charge in [0.2, 0.25) is 5.89 Å². The van der Waals surface area contributed by atoms with Crippen molar-refractivity contribution in [2.75, 3.05) is 26.7 Å². The molecule has 1 saturated heterocycles. The van der Waals surface area contributed by atoms with Gasteiger partial charge in [0.1, 0.15) is 0 Å². The highest BCUT2D eigenvalue weighted by molar-refractivity contribution is 4.98. The summed E-state index contributed by atoms with van der Waals surface area (Å²) in [5.41, 5.74) is 0. The fourth-order valence-electron chi connectivity index (χ4n) is 1.98. The monoisotopic (exact) mass is 210 g/mol. The van der Waals surface area contributed by atoms with Gasteiger partial charge < -0.3 is 14.7 Å². The molecule has 0 aromatic carbocycles. The molecule has 0 amide bonds. The lowest BCUT2D eigenvalue weighted by molar-refractivity contribution is 0.324. The normalized spacial score (nSPS) is 22.4. The zero-order valence-electron chi connectivity index (χ0n) is 9.36. The van der Waals surface area contributed by atoms with Crippen LogP contribution in [0, 0.1) is 0 Å². The number of hydrogen-bond acceptors (Lipinski definition) is 5. The molecule has 1 aromatic heterocycles. The molecule has 5 heteroatoms. The zero-order chi connectivity index (χ0) is 10.7. The maximum atomic E-state index is 5.27. The summed E-state index contributed by atoms with van der Waals surface area (Å²) in [6.07, 6.45) is 1.13. The molecule has 0 aliphatic carbocycles. The Morgan fingerprint density at radius 3 is 3.13 bits per heavy atom. The van der Waals surface area contributed by atoms with Crippen LogP contribution in [0.15, 0.2) is 4.52 Å². The lowest BCUT2D eigenvalue weighted by atomic mass is 10.1. The highest BCUT2D eigenvalue weighted by Gasteiger charge is 2.27. The number of aromatic nitrogens is 2. The third-order valence-corrected chi connectivity index (χ3v) is 2.89. The Hall–Kier alpha value is -0.940. The molecule has 0 spiro atoms. The first-order chi connectivity index (χ1) is 7.33. The van der Waals surface area contributed by atoms with Crippen molar-refractivity contribution in [1.82, 2.24) is 20.4 Å². The molecule has 1 aliphatic rings. The average Bonchev–Trinajstić information content (AvgIpc) is 2.85. The summed E-state index contributed by atoms with van der Waals surface area (Å²) in [4.78, 5) is 6.79. The SMILES string of the molecule is CCN1CCC(c2nc(CNC)no2)C1. The summed E-state index contributed by atoms with van der Waals surface area (Å²) in [7, 11) is 1.88. The van der Waals surface area contributed by atoms with Gasteiger partial charge in [-0.3, -0.25) is 0 Å². The van der Waals surface area contributed by atoms with Crippen LogP contribution in [0.3, 0.4) is 0 Å². The first kappa shape index (κ1) is 10.6. The van der Waals surface area contributed by atoms with E-state index in [1.807, 2.05) is 7.05 Å². The van der Waals surface area contributed by atoms with Gasteiger partial charge >= 0.3 is 0 Å². The molecule has 0 radical (unpaired) electrons. The summed E-state index contributed by atoms with van der Waals surface area (Å²) >= 11 is 0. The van der Waals surface area contributed by atoms with Crippen molar-refractivity contribution in [3.63, 3.8) is 0 Å². The molecular weight excluding hydrogens is 192 g/mol. The second kappa shape index (κ2) is 4.72. The molecule has 1 aromatic rings. The molecular formula is C10H18N4O. The van der Waals surface area contributed by atoms with Gasteiger partial charge in [0.15, 0.2) is 5.82 Å². The Kier molecular flexibility index (Phi) is 3.33. The maximum absolute atomic E-state index is 5.27. The van der Waals surface area contributed by atoms with Gasteiger partial charge in [-0.25, -0.2) is 0 Å². The predicted octanol–water partition coefficient (Wildman–Crippen LogP) is 0.598. The van der Waals surface area contributed by atoms with Crippen LogP contribution in [-0.2, 0) is 6.54 Å². The Balaban J connectivity index is 1.97. The highest BCUT2D eigenvalue weighted by atomic mass is 16.5. The number of likely N-dealkylation sites (tertiary alicyclic amines) is 1. The molecule has 2 heterocycles. The molecule has 2 rings (SSSR count). The quantitative estimate of drug-likeness (QED) is 0.788. The molecule has 1 fully saturated rings. The number of likely N-dealkylation sites (N-methyl/N-ethyl adjacent to an activating group) is 1. The smallest absolute Gasteiger partial charge is 0.231 e. The lowest BCUT2D eigenvalue weighted by Crippen LogP contribution is -2.19. The molecule has 1 aliphatic heterocycles. The minimum absolute atomic E-state index is 0.433. The Morgan fingerprint density at radius 1 is 1.60 bits per heavy atom. The second-order valence-corrected chi connectivity index (χ2v) is 3.96. The molecule has 5 nitrogen and oxygen atoms in total. The number of hydrogen-bond donors (Lipinski definition) is 1. The van der Waals surface area contributed by atoms with E-state index < -0.39 is 0 Å². The molecule has 1 unspecified atom stereocenters. The molecule has 1 atom stereocenters. The van der Waals surface area contributed by atoms with Gasteiger partial charge in [0.25, 0.3) is 0 Å². The van der Waals surface area contributed by atoms with E-state index in [9.17, 15) is 0 Å². The second-order valence-electron chi connectivity index (χ2n) is 3.96. The van der Waals surface area contributed by atoms with Gasteiger partial charge in [0, 0.05) is 6.54 Å². The van der Waals surface area contributed by atoms with Crippen LogP contribution in [0.5, 0.6) is 0 Å². The lowest BCUT2D eigenvalue weighted by Gasteiger charge is -2.10. The van der Waals surface area contributed by atoms with Gasteiger partial charge in [-0.15, -0.1) is 0 Å². The van der Waals surface area contributed by atoms with Crippen molar-refractivity contribution < 1.29 is 4.52 Å². The van der Waals surface area contributed by atoms with Crippen molar-refractivity contribution in [2.45, 2.75) is 25.8 Å². The third-order valence-electron chi connectivity index (χ3n) is 2.89. The van der Waals surface area contributed by atoms with Crippen LogP contribution in [0.25, 0.3) is 0 Å². The van der Waals surface area contributed by atoms with Crippen LogP contribution in [-0.4, -0.2) is 41.7 Å². The maximum Gasteiger partial charge on any atom is 0.231 e. The summed E-state index contributed by atoms with van der Waals surface area (Å²) in [6.45, 7) is 6.16. The molecule has 84 valence electrons. The van der Waals surface area contributed by atoms with E-state index in [1.54, 1.807) is 0 Å². The summed E-state index contributed by atoms with van der Waals surface area (Å²) in [5, 5.41) is 6.95. The van der Waals surface area contributed by atoms with Crippen LogP contribution < -0.4 is 5.32 Å². The van der Waals surface area contributed by atoms with Gasteiger partial charge in [-0.05, 0) is 26.6 Å². The number of rotatable bonds is 4. The number of nitrogens with one attached hydrogen (secondary N) is 1. The summed E-state index contributed by atoms with van der Waals surface area (Å²) in [5.74, 6) is 1.99. The van der Waals surface area contributed by atoms with E-state index in [2.05, 4.69) is 27.3 Å². The Morgan fingerprint density at radius 2 is 2.47 bits per heavy atom. The fraction of sp³-hybridized carbons (Fsp3) is 0.800. The summed E-state index contributed by atoms with van der Waals surface area (Å²) < 4.78 is 5.27. The van der Waals surface area contributed by atoms with Crippen LogP contribution in [0.2, 0.25) is 0 Å². The van der Waals surface area contributed by atoms with Crippen molar-refractivity contribution >= 4 is 0 Å². The van der Waals surface area contributed by atoms with E-state index >= 15 is 0 Å². The minimum Gasteiger partial charge on any atom is -0.339 e. The van der Waals surface area contributed by atoms with Crippen molar-refractivity contribution in [3.05, 3.63) is 11.7 Å². The molecule has 15 heavy (non-hydrogen) atoms. The Bertz CT molecular complexity index is 312. The highest BCUT2D eigenvalue weighted by Crippen LogP contribution is 2.25.